The molecule has 0 fully saturated rings. The van der Waals surface area contributed by atoms with Crippen LogP contribution in [0.1, 0.15) is 117 Å². The Morgan fingerprint density at radius 2 is 1.09 bits per heavy atom. The molecule has 0 radical (unpaired) electrons. The predicted molar refractivity (Wildman–Crippen MR) is 99.4 cm³/mol. The first-order valence-electron chi connectivity index (χ1n) is 10.0. The molecular formula is C21H40O. The monoisotopic (exact) mass is 308 g/mol. The summed E-state index contributed by atoms with van der Waals surface area (Å²) in [4.78, 5) is 11.7. The fraction of sp³-hybridized carbons (Fsp3) is 0.857. The van der Waals surface area contributed by atoms with Crippen molar-refractivity contribution in [1.82, 2.24) is 0 Å². The third-order valence-corrected chi connectivity index (χ3v) is 4.30. The van der Waals surface area contributed by atoms with Gasteiger partial charge in [0.25, 0.3) is 0 Å². The molecule has 0 saturated carbocycles. The van der Waals surface area contributed by atoms with Crippen LogP contribution >= 0.6 is 0 Å². The van der Waals surface area contributed by atoms with Gasteiger partial charge in [-0.2, -0.15) is 0 Å². The first-order chi connectivity index (χ1) is 10.8. The van der Waals surface area contributed by atoms with Crippen LogP contribution < -0.4 is 0 Å². The Kier molecular flexibility index (Phi) is 18.0. The standard InChI is InChI=1S/C21H40O/c1-3-5-7-9-11-13-15-17-19-21(22)20-18-16-14-12-10-8-6-4-2/h17,19H,3-16,18,20H2,1-2H3. The van der Waals surface area contributed by atoms with Gasteiger partial charge in [0.2, 0.25) is 0 Å². The van der Waals surface area contributed by atoms with Gasteiger partial charge in [0.1, 0.15) is 0 Å². The highest BCUT2D eigenvalue weighted by molar-refractivity contribution is 5.89. The van der Waals surface area contributed by atoms with Crippen molar-refractivity contribution in [2.75, 3.05) is 0 Å². The summed E-state index contributed by atoms with van der Waals surface area (Å²) in [6, 6.07) is 0. The van der Waals surface area contributed by atoms with E-state index in [1.807, 2.05) is 6.08 Å². The van der Waals surface area contributed by atoms with E-state index in [4.69, 9.17) is 0 Å². The van der Waals surface area contributed by atoms with Gasteiger partial charge in [0.15, 0.2) is 5.78 Å². The van der Waals surface area contributed by atoms with Crippen molar-refractivity contribution in [2.45, 2.75) is 117 Å². The topological polar surface area (TPSA) is 17.1 Å². The van der Waals surface area contributed by atoms with Gasteiger partial charge in [0, 0.05) is 6.42 Å². The second kappa shape index (κ2) is 18.5. The van der Waals surface area contributed by atoms with Crippen LogP contribution in [0.15, 0.2) is 12.2 Å². The molecule has 0 aliphatic carbocycles. The third-order valence-electron chi connectivity index (χ3n) is 4.30. The fourth-order valence-corrected chi connectivity index (χ4v) is 2.77. The highest BCUT2D eigenvalue weighted by Gasteiger charge is 1.97. The Morgan fingerprint density at radius 1 is 0.636 bits per heavy atom. The lowest BCUT2D eigenvalue weighted by Crippen LogP contribution is -1.92. The molecule has 0 saturated heterocycles. The molecule has 0 heterocycles. The maximum absolute atomic E-state index is 11.7. The van der Waals surface area contributed by atoms with Crippen LogP contribution in [-0.2, 0) is 4.79 Å². The number of ketones is 1. The minimum atomic E-state index is 0.331. The molecule has 130 valence electrons. The Labute approximate surface area is 140 Å². The second-order valence-electron chi connectivity index (χ2n) is 6.65. The van der Waals surface area contributed by atoms with Crippen LogP contribution in [0.2, 0.25) is 0 Å². The molecule has 0 aromatic heterocycles. The van der Waals surface area contributed by atoms with Gasteiger partial charge in [-0.1, -0.05) is 97.0 Å². The van der Waals surface area contributed by atoms with Crippen molar-refractivity contribution in [2.24, 2.45) is 0 Å². The first-order valence-corrected chi connectivity index (χ1v) is 10.0. The molecule has 0 aliphatic rings. The molecule has 0 aromatic carbocycles. The number of carbonyl (C=O) groups is 1. The summed E-state index contributed by atoms with van der Waals surface area (Å²) in [6.07, 6.45) is 24.1. The normalized spacial score (nSPS) is 11.4. The average Bonchev–Trinajstić information content (AvgIpc) is 2.52. The highest BCUT2D eigenvalue weighted by atomic mass is 16.1. The molecular weight excluding hydrogens is 268 g/mol. The van der Waals surface area contributed by atoms with Gasteiger partial charge in [-0.3, -0.25) is 4.79 Å². The summed E-state index contributed by atoms with van der Waals surface area (Å²) in [5.74, 6) is 0.331. The van der Waals surface area contributed by atoms with E-state index in [1.165, 1.54) is 83.5 Å². The van der Waals surface area contributed by atoms with E-state index in [2.05, 4.69) is 19.9 Å². The quantitative estimate of drug-likeness (QED) is 0.202. The Hall–Kier alpha value is -0.590. The predicted octanol–water partition coefficient (Wildman–Crippen LogP) is 7.39. The van der Waals surface area contributed by atoms with Crippen LogP contribution in [0.4, 0.5) is 0 Å². The largest absolute Gasteiger partial charge is 0.295 e. The van der Waals surface area contributed by atoms with E-state index in [0.29, 0.717) is 5.78 Å². The molecule has 0 aromatic rings. The van der Waals surface area contributed by atoms with Crippen LogP contribution in [-0.4, -0.2) is 5.78 Å². The van der Waals surface area contributed by atoms with Gasteiger partial charge in [-0.05, 0) is 25.3 Å². The van der Waals surface area contributed by atoms with Gasteiger partial charge in [-0.15, -0.1) is 0 Å². The molecule has 0 atom stereocenters. The molecule has 0 rings (SSSR count). The maximum atomic E-state index is 11.7. The number of carbonyl (C=O) groups excluding carboxylic acids is 1. The van der Waals surface area contributed by atoms with Gasteiger partial charge in [-0.25, -0.2) is 0 Å². The van der Waals surface area contributed by atoms with E-state index in [9.17, 15) is 4.79 Å². The molecule has 0 bridgehead atoms. The molecule has 0 unspecified atom stereocenters. The van der Waals surface area contributed by atoms with E-state index in [0.717, 1.165) is 19.3 Å². The average molecular weight is 309 g/mol. The minimum Gasteiger partial charge on any atom is -0.295 e. The summed E-state index contributed by atoms with van der Waals surface area (Å²) >= 11 is 0. The van der Waals surface area contributed by atoms with E-state index < -0.39 is 0 Å². The SMILES string of the molecule is CCCCCCCCC=CC(=O)CCCCCCCCCC. The summed E-state index contributed by atoms with van der Waals surface area (Å²) in [5, 5.41) is 0. The Balaban J connectivity index is 3.26. The highest BCUT2D eigenvalue weighted by Crippen LogP contribution is 2.10. The first kappa shape index (κ1) is 21.4. The van der Waals surface area contributed by atoms with Gasteiger partial charge >= 0.3 is 0 Å². The molecule has 0 amide bonds. The van der Waals surface area contributed by atoms with Crippen LogP contribution in [0.3, 0.4) is 0 Å². The molecule has 0 spiro atoms. The van der Waals surface area contributed by atoms with Crippen LogP contribution in [0, 0.1) is 0 Å². The number of hydrogen-bond donors (Lipinski definition) is 0. The zero-order valence-electron chi connectivity index (χ0n) is 15.4. The number of rotatable bonds is 17. The lowest BCUT2D eigenvalue weighted by atomic mass is 10.1. The molecule has 22 heavy (non-hydrogen) atoms. The van der Waals surface area contributed by atoms with Gasteiger partial charge < -0.3 is 0 Å². The van der Waals surface area contributed by atoms with Gasteiger partial charge in [0.05, 0.1) is 0 Å². The van der Waals surface area contributed by atoms with E-state index in [-0.39, 0.29) is 0 Å². The third kappa shape index (κ3) is 17.5. The lowest BCUT2D eigenvalue weighted by molar-refractivity contribution is -0.114. The summed E-state index contributed by atoms with van der Waals surface area (Å²) in [7, 11) is 0. The lowest BCUT2D eigenvalue weighted by Gasteiger charge is -2.00. The maximum Gasteiger partial charge on any atom is 0.155 e. The van der Waals surface area contributed by atoms with Crippen molar-refractivity contribution in [1.29, 1.82) is 0 Å². The number of unbranched alkanes of at least 4 members (excludes halogenated alkanes) is 13. The van der Waals surface area contributed by atoms with E-state index in [1.54, 1.807) is 0 Å². The smallest absolute Gasteiger partial charge is 0.155 e. The van der Waals surface area contributed by atoms with Crippen molar-refractivity contribution in [3.8, 4) is 0 Å². The molecule has 1 heteroatoms. The van der Waals surface area contributed by atoms with Crippen molar-refractivity contribution >= 4 is 5.78 Å². The van der Waals surface area contributed by atoms with Crippen molar-refractivity contribution < 1.29 is 4.79 Å². The Bertz CT molecular complexity index is 255. The minimum absolute atomic E-state index is 0.331. The summed E-state index contributed by atoms with van der Waals surface area (Å²) in [6.45, 7) is 4.51. The zero-order valence-corrected chi connectivity index (χ0v) is 15.4. The van der Waals surface area contributed by atoms with Crippen LogP contribution in [0.25, 0.3) is 0 Å². The van der Waals surface area contributed by atoms with Crippen LogP contribution in [0.5, 0.6) is 0 Å². The number of hydrogen-bond acceptors (Lipinski definition) is 1. The summed E-state index contributed by atoms with van der Waals surface area (Å²) in [5.41, 5.74) is 0. The number of allylic oxidation sites excluding steroid dienone is 2. The summed E-state index contributed by atoms with van der Waals surface area (Å²) < 4.78 is 0. The molecule has 0 N–H and O–H groups in total. The van der Waals surface area contributed by atoms with Crippen molar-refractivity contribution in [3.63, 3.8) is 0 Å². The fourth-order valence-electron chi connectivity index (χ4n) is 2.77. The van der Waals surface area contributed by atoms with E-state index >= 15 is 0 Å². The molecule has 1 nitrogen and oxygen atoms in total. The second-order valence-corrected chi connectivity index (χ2v) is 6.65. The zero-order chi connectivity index (χ0) is 16.3. The van der Waals surface area contributed by atoms with Crippen molar-refractivity contribution in [3.05, 3.63) is 12.2 Å². The Morgan fingerprint density at radius 3 is 1.64 bits per heavy atom. The molecule has 0 aliphatic heterocycles.